The van der Waals surface area contributed by atoms with E-state index >= 15 is 0 Å². The number of ether oxygens (including phenoxy) is 2. The molecule has 0 atom stereocenters. The number of carbonyl (C=O) groups is 1. The van der Waals surface area contributed by atoms with Gasteiger partial charge in [0, 0.05) is 24.1 Å². The van der Waals surface area contributed by atoms with E-state index in [0.717, 1.165) is 39.6 Å². The molecule has 0 bridgehead atoms. The van der Waals surface area contributed by atoms with E-state index in [1.807, 2.05) is 56.3 Å². The molecule has 1 aromatic heterocycles. The van der Waals surface area contributed by atoms with Crippen molar-refractivity contribution < 1.29 is 14.3 Å². The van der Waals surface area contributed by atoms with E-state index in [-0.39, 0.29) is 12.7 Å². The third-order valence-electron chi connectivity index (χ3n) is 4.78. The van der Waals surface area contributed by atoms with Gasteiger partial charge in [0.1, 0.15) is 5.69 Å². The van der Waals surface area contributed by atoms with Crippen molar-refractivity contribution in [2.75, 3.05) is 17.4 Å². The first kappa shape index (κ1) is 17.9. The van der Waals surface area contributed by atoms with Gasteiger partial charge < -0.3 is 20.1 Å². The van der Waals surface area contributed by atoms with Crippen molar-refractivity contribution in [2.45, 2.75) is 20.4 Å². The Balaban J connectivity index is 1.44. The summed E-state index contributed by atoms with van der Waals surface area (Å²) in [6.07, 6.45) is 1.62. The van der Waals surface area contributed by atoms with Gasteiger partial charge in [0.15, 0.2) is 11.5 Å². The summed E-state index contributed by atoms with van der Waals surface area (Å²) in [4.78, 5) is 16.8. The van der Waals surface area contributed by atoms with Crippen LogP contribution in [0.5, 0.6) is 11.5 Å². The Labute approximate surface area is 163 Å². The molecule has 6 heteroatoms. The van der Waals surface area contributed by atoms with E-state index in [9.17, 15) is 4.79 Å². The van der Waals surface area contributed by atoms with Crippen molar-refractivity contribution >= 4 is 17.3 Å². The molecule has 2 heterocycles. The first-order chi connectivity index (χ1) is 13.6. The summed E-state index contributed by atoms with van der Waals surface area (Å²) in [6.45, 7) is 4.86. The van der Waals surface area contributed by atoms with E-state index in [1.165, 1.54) is 0 Å². The predicted molar refractivity (Wildman–Crippen MR) is 108 cm³/mol. The number of hydrogen-bond acceptors (Lipinski definition) is 5. The van der Waals surface area contributed by atoms with Crippen molar-refractivity contribution in [2.24, 2.45) is 0 Å². The number of pyridine rings is 1. The molecule has 2 aromatic carbocycles. The zero-order valence-corrected chi connectivity index (χ0v) is 15.8. The van der Waals surface area contributed by atoms with E-state index in [1.54, 1.807) is 12.3 Å². The van der Waals surface area contributed by atoms with Gasteiger partial charge in [0.25, 0.3) is 5.91 Å². The number of anilines is 2. The molecule has 1 aliphatic rings. The van der Waals surface area contributed by atoms with Crippen LogP contribution in [0.25, 0.3) is 0 Å². The van der Waals surface area contributed by atoms with Gasteiger partial charge in [-0.2, -0.15) is 0 Å². The number of hydrogen-bond donors (Lipinski definition) is 2. The lowest BCUT2D eigenvalue weighted by Crippen LogP contribution is -2.15. The molecule has 1 amide bonds. The van der Waals surface area contributed by atoms with Crippen LogP contribution >= 0.6 is 0 Å². The van der Waals surface area contributed by atoms with Crippen LogP contribution in [-0.4, -0.2) is 17.7 Å². The Morgan fingerprint density at radius 1 is 1.07 bits per heavy atom. The second-order valence-corrected chi connectivity index (χ2v) is 6.67. The van der Waals surface area contributed by atoms with Gasteiger partial charge in [0.2, 0.25) is 6.79 Å². The summed E-state index contributed by atoms with van der Waals surface area (Å²) in [5, 5.41) is 6.25. The number of fused-ring (bicyclic) bond motifs is 1. The minimum atomic E-state index is -0.236. The summed E-state index contributed by atoms with van der Waals surface area (Å²) in [7, 11) is 0. The first-order valence-electron chi connectivity index (χ1n) is 9.06. The summed E-state index contributed by atoms with van der Waals surface area (Å²) < 4.78 is 10.7. The van der Waals surface area contributed by atoms with Crippen LogP contribution < -0.4 is 20.1 Å². The van der Waals surface area contributed by atoms with E-state index < -0.39 is 0 Å². The van der Waals surface area contributed by atoms with Crippen molar-refractivity contribution in [3.8, 4) is 11.5 Å². The van der Waals surface area contributed by atoms with Crippen molar-refractivity contribution in [3.63, 3.8) is 0 Å². The number of aromatic nitrogens is 1. The van der Waals surface area contributed by atoms with Crippen LogP contribution in [0.3, 0.4) is 0 Å². The van der Waals surface area contributed by atoms with Crippen LogP contribution in [0.1, 0.15) is 27.2 Å². The van der Waals surface area contributed by atoms with Crippen LogP contribution in [0, 0.1) is 13.8 Å². The molecule has 3 aromatic rings. The maximum absolute atomic E-state index is 12.6. The quantitative estimate of drug-likeness (QED) is 0.696. The van der Waals surface area contributed by atoms with Gasteiger partial charge in [-0.3, -0.25) is 9.78 Å². The number of amides is 1. The summed E-state index contributed by atoms with van der Waals surface area (Å²) >= 11 is 0. The molecule has 0 spiro atoms. The SMILES string of the molecule is Cc1cccc(NC(=O)c2cc(NCc3ccc4c(c3)OCO4)ccn2)c1C. The Morgan fingerprint density at radius 2 is 1.93 bits per heavy atom. The van der Waals surface area contributed by atoms with Gasteiger partial charge in [0.05, 0.1) is 0 Å². The maximum atomic E-state index is 12.6. The molecule has 0 saturated heterocycles. The molecule has 0 saturated carbocycles. The molecule has 28 heavy (non-hydrogen) atoms. The summed E-state index contributed by atoms with van der Waals surface area (Å²) in [5.41, 5.74) is 5.21. The molecule has 142 valence electrons. The van der Waals surface area contributed by atoms with Gasteiger partial charge in [-0.25, -0.2) is 0 Å². The molecule has 6 nitrogen and oxygen atoms in total. The lowest BCUT2D eigenvalue weighted by atomic mass is 10.1. The number of nitrogens with zero attached hydrogens (tertiary/aromatic N) is 1. The zero-order chi connectivity index (χ0) is 19.5. The molecule has 0 fully saturated rings. The minimum absolute atomic E-state index is 0.236. The second-order valence-electron chi connectivity index (χ2n) is 6.67. The topological polar surface area (TPSA) is 72.5 Å². The fraction of sp³-hybridized carbons (Fsp3) is 0.182. The number of nitrogens with one attached hydrogen (secondary N) is 2. The molecule has 2 N–H and O–H groups in total. The van der Waals surface area contributed by atoms with Gasteiger partial charge >= 0.3 is 0 Å². The van der Waals surface area contributed by atoms with Crippen LogP contribution in [0.15, 0.2) is 54.7 Å². The number of aryl methyl sites for hydroxylation is 1. The Morgan fingerprint density at radius 3 is 2.82 bits per heavy atom. The predicted octanol–water partition coefficient (Wildman–Crippen LogP) is 4.29. The van der Waals surface area contributed by atoms with E-state index in [4.69, 9.17) is 9.47 Å². The highest BCUT2D eigenvalue weighted by molar-refractivity contribution is 6.03. The second kappa shape index (κ2) is 7.60. The Hall–Kier alpha value is -3.54. The fourth-order valence-corrected chi connectivity index (χ4v) is 2.99. The Bertz CT molecular complexity index is 1030. The molecule has 0 radical (unpaired) electrons. The average molecular weight is 375 g/mol. The lowest BCUT2D eigenvalue weighted by Gasteiger charge is -2.11. The molecule has 0 unspecified atom stereocenters. The molecule has 0 aliphatic carbocycles. The van der Waals surface area contributed by atoms with E-state index in [2.05, 4.69) is 15.6 Å². The molecule has 1 aliphatic heterocycles. The Kier molecular flexibility index (Phi) is 4.85. The van der Waals surface area contributed by atoms with Crippen LogP contribution in [0.2, 0.25) is 0 Å². The normalized spacial score (nSPS) is 11.9. The third kappa shape index (κ3) is 3.76. The molecular weight excluding hydrogens is 354 g/mol. The number of benzene rings is 2. The van der Waals surface area contributed by atoms with Crippen molar-refractivity contribution in [1.82, 2.24) is 4.98 Å². The first-order valence-corrected chi connectivity index (χ1v) is 9.06. The van der Waals surface area contributed by atoms with Crippen LogP contribution in [-0.2, 0) is 6.54 Å². The van der Waals surface area contributed by atoms with E-state index in [0.29, 0.717) is 12.2 Å². The minimum Gasteiger partial charge on any atom is -0.454 e. The summed E-state index contributed by atoms with van der Waals surface area (Å²) in [5.74, 6) is 1.28. The smallest absolute Gasteiger partial charge is 0.274 e. The van der Waals surface area contributed by atoms with Gasteiger partial charge in [-0.15, -0.1) is 0 Å². The van der Waals surface area contributed by atoms with Crippen molar-refractivity contribution in [3.05, 3.63) is 77.1 Å². The number of carbonyl (C=O) groups excluding carboxylic acids is 1. The third-order valence-corrected chi connectivity index (χ3v) is 4.78. The highest BCUT2D eigenvalue weighted by atomic mass is 16.7. The lowest BCUT2D eigenvalue weighted by molar-refractivity contribution is 0.102. The molecular formula is C22H21N3O3. The summed E-state index contributed by atoms with van der Waals surface area (Å²) in [6, 6.07) is 15.2. The highest BCUT2D eigenvalue weighted by Crippen LogP contribution is 2.32. The van der Waals surface area contributed by atoms with Crippen LogP contribution in [0.4, 0.5) is 11.4 Å². The largest absolute Gasteiger partial charge is 0.454 e. The molecule has 4 rings (SSSR count). The maximum Gasteiger partial charge on any atom is 0.274 e. The van der Waals surface area contributed by atoms with Gasteiger partial charge in [-0.05, 0) is 60.9 Å². The van der Waals surface area contributed by atoms with Crippen molar-refractivity contribution in [1.29, 1.82) is 0 Å². The fourth-order valence-electron chi connectivity index (χ4n) is 2.99. The number of rotatable bonds is 5. The van der Waals surface area contributed by atoms with Gasteiger partial charge in [-0.1, -0.05) is 18.2 Å². The monoisotopic (exact) mass is 375 g/mol. The zero-order valence-electron chi connectivity index (χ0n) is 15.8. The average Bonchev–Trinajstić information content (AvgIpc) is 3.18. The highest BCUT2D eigenvalue weighted by Gasteiger charge is 2.13. The standard InChI is InChI=1S/C22H21N3O3/c1-14-4-3-5-18(15(14)2)25-22(26)19-11-17(8-9-23-19)24-12-16-6-7-20-21(10-16)28-13-27-20/h3-11H,12-13H2,1-2H3,(H,23,24)(H,25,26).